The zero-order chi connectivity index (χ0) is 21.7. The molecule has 3 rings (SSSR count). The monoisotopic (exact) mass is 410 g/mol. The summed E-state index contributed by atoms with van der Waals surface area (Å²) in [6, 6.07) is 13.1. The SMILES string of the molecule is CCC(CC(=O)OC1CCC(c2ccc(O)cc2)CC1)c1ccc(O)c(C(C)C)c1. The van der Waals surface area contributed by atoms with Gasteiger partial charge in [-0.15, -0.1) is 0 Å². The Hall–Kier alpha value is -2.49. The fourth-order valence-electron chi connectivity index (χ4n) is 4.48. The summed E-state index contributed by atoms with van der Waals surface area (Å²) < 4.78 is 5.82. The molecule has 0 radical (unpaired) electrons. The second kappa shape index (κ2) is 10.0. The third-order valence-electron chi connectivity index (χ3n) is 6.39. The summed E-state index contributed by atoms with van der Waals surface area (Å²) in [7, 11) is 0. The lowest BCUT2D eigenvalue weighted by Gasteiger charge is -2.29. The van der Waals surface area contributed by atoms with Crippen LogP contribution in [0.3, 0.4) is 0 Å². The summed E-state index contributed by atoms with van der Waals surface area (Å²) in [5.74, 6) is 1.28. The number of aromatic hydroxyl groups is 2. The van der Waals surface area contributed by atoms with E-state index in [1.165, 1.54) is 5.56 Å². The van der Waals surface area contributed by atoms with Gasteiger partial charge >= 0.3 is 5.97 Å². The van der Waals surface area contributed by atoms with Gasteiger partial charge in [-0.1, -0.05) is 45.0 Å². The first-order chi connectivity index (χ1) is 14.4. The van der Waals surface area contributed by atoms with Crippen LogP contribution in [-0.4, -0.2) is 22.3 Å². The molecular weight excluding hydrogens is 376 g/mol. The molecule has 30 heavy (non-hydrogen) atoms. The summed E-state index contributed by atoms with van der Waals surface area (Å²) in [6.07, 6.45) is 4.97. The zero-order valence-electron chi connectivity index (χ0n) is 18.3. The van der Waals surface area contributed by atoms with E-state index in [9.17, 15) is 15.0 Å². The van der Waals surface area contributed by atoms with Gasteiger partial charge < -0.3 is 14.9 Å². The van der Waals surface area contributed by atoms with Crippen molar-refractivity contribution in [1.82, 2.24) is 0 Å². The van der Waals surface area contributed by atoms with Crippen molar-refractivity contribution in [2.24, 2.45) is 0 Å². The quantitative estimate of drug-likeness (QED) is 0.520. The second-order valence-corrected chi connectivity index (χ2v) is 8.84. The van der Waals surface area contributed by atoms with E-state index in [0.717, 1.165) is 43.2 Å². The van der Waals surface area contributed by atoms with Gasteiger partial charge in [0, 0.05) is 0 Å². The van der Waals surface area contributed by atoms with Crippen molar-refractivity contribution < 1.29 is 19.7 Å². The number of ether oxygens (including phenoxy) is 1. The number of hydrogen-bond donors (Lipinski definition) is 2. The van der Waals surface area contributed by atoms with Gasteiger partial charge in [-0.2, -0.15) is 0 Å². The molecule has 0 heterocycles. The van der Waals surface area contributed by atoms with Crippen molar-refractivity contribution in [1.29, 1.82) is 0 Å². The highest BCUT2D eigenvalue weighted by Crippen LogP contribution is 2.36. The van der Waals surface area contributed by atoms with E-state index in [4.69, 9.17) is 4.74 Å². The van der Waals surface area contributed by atoms with E-state index in [-0.39, 0.29) is 23.9 Å². The first-order valence-corrected chi connectivity index (χ1v) is 11.2. The number of carbonyl (C=O) groups is 1. The van der Waals surface area contributed by atoms with Crippen LogP contribution in [0.15, 0.2) is 42.5 Å². The topological polar surface area (TPSA) is 66.8 Å². The van der Waals surface area contributed by atoms with Crippen LogP contribution in [0.4, 0.5) is 0 Å². The van der Waals surface area contributed by atoms with Crippen molar-refractivity contribution in [3.05, 3.63) is 59.2 Å². The fraction of sp³-hybridized carbons (Fsp3) is 0.500. The number of benzene rings is 2. The highest BCUT2D eigenvalue weighted by atomic mass is 16.5. The van der Waals surface area contributed by atoms with Crippen LogP contribution >= 0.6 is 0 Å². The van der Waals surface area contributed by atoms with Crippen molar-refractivity contribution in [2.45, 2.75) is 83.2 Å². The maximum Gasteiger partial charge on any atom is 0.306 e. The molecule has 1 saturated carbocycles. The highest BCUT2D eigenvalue weighted by molar-refractivity contribution is 5.71. The maximum absolute atomic E-state index is 12.6. The number of carbonyl (C=O) groups excluding carboxylic acids is 1. The number of hydrogen-bond acceptors (Lipinski definition) is 4. The molecule has 0 amide bonds. The Kier molecular flexibility index (Phi) is 7.41. The van der Waals surface area contributed by atoms with Crippen LogP contribution in [-0.2, 0) is 9.53 Å². The Morgan fingerprint density at radius 1 is 1.03 bits per heavy atom. The van der Waals surface area contributed by atoms with Crippen molar-refractivity contribution in [3.63, 3.8) is 0 Å². The van der Waals surface area contributed by atoms with E-state index < -0.39 is 0 Å². The number of phenols is 2. The van der Waals surface area contributed by atoms with Gasteiger partial charge in [0.25, 0.3) is 0 Å². The van der Waals surface area contributed by atoms with Crippen LogP contribution in [0.25, 0.3) is 0 Å². The maximum atomic E-state index is 12.6. The Balaban J connectivity index is 1.53. The Bertz CT molecular complexity index is 833. The van der Waals surface area contributed by atoms with Crippen LogP contribution < -0.4 is 0 Å². The molecule has 2 aromatic carbocycles. The Morgan fingerprint density at radius 2 is 1.70 bits per heavy atom. The lowest BCUT2D eigenvalue weighted by Crippen LogP contribution is -2.24. The van der Waals surface area contributed by atoms with E-state index in [2.05, 4.69) is 20.8 Å². The third-order valence-corrected chi connectivity index (χ3v) is 6.39. The molecule has 0 spiro atoms. The van der Waals surface area contributed by atoms with Crippen LogP contribution in [0.2, 0.25) is 0 Å². The molecule has 4 nitrogen and oxygen atoms in total. The predicted octanol–water partition coefficient (Wildman–Crippen LogP) is 6.37. The molecule has 162 valence electrons. The van der Waals surface area contributed by atoms with Crippen molar-refractivity contribution >= 4 is 5.97 Å². The van der Waals surface area contributed by atoms with Crippen LogP contribution in [0, 0.1) is 0 Å². The average molecular weight is 411 g/mol. The summed E-state index contributed by atoms with van der Waals surface area (Å²) in [5.41, 5.74) is 3.26. The van der Waals surface area contributed by atoms with Gasteiger partial charge in [0.15, 0.2) is 0 Å². The molecular formula is C26H34O4. The van der Waals surface area contributed by atoms with Gasteiger partial charge in [-0.25, -0.2) is 0 Å². The Labute approximate surface area is 179 Å². The molecule has 0 aromatic heterocycles. The van der Waals surface area contributed by atoms with Crippen LogP contribution in [0.1, 0.15) is 93.7 Å². The molecule has 2 N–H and O–H groups in total. The van der Waals surface area contributed by atoms with E-state index >= 15 is 0 Å². The third kappa shape index (κ3) is 5.56. The summed E-state index contributed by atoms with van der Waals surface area (Å²) in [6.45, 7) is 6.20. The first kappa shape index (κ1) is 22.2. The molecule has 0 saturated heterocycles. The molecule has 0 aliphatic heterocycles. The smallest absolute Gasteiger partial charge is 0.306 e. The van der Waals surface area contributed by atoms with E-state index in [0.29, 0.717) is 23.8 Å². The minimum atomic E-state index is -0.130. The molecule has 2 aromatic rings. The fourth-order valence-corrected chi connectivity index (χ4v) is 4.48. The van der Waals surface area contributed by atoms with Crippen molar-refractivity contribution in [3.8, 4) is 11.5 Å². The largest absolute Gasteiger partial charge is 0.508 e. The standard InChI is InChI=1S/C26H34O4/c1-4-18(21-9-14-25(28)24(15-21)17(2)3)16-26(29)30-23-12-7-20(8-13-23)19-5-10-22(27)11-6-19/h5-6,9-11,14-15,17-18,20,23,27-28H,4,7-8,12-13,16H2,1-3H3. The molecule has 1 aliphatic carbocycles. The van der Waals surface area contributed by atoms with Gasteiger partial charge in [0.1, 0.15) is 17.6 Å². The molecule has 1 fully saturated rings. The summed E-state index contributed by atoms with van der Waals surface area (Å²) >= 11 is 0. The summed E-state index contributed by atoms with van der Waals surface area (Å²) in [4.78, 5) is 12.6. The molecule has 1 unspecified atom stereocenters. The van der Waals surface area contributed by atoms with Gasteiger partial charge in [0.2, 0.25) is 0 Å². The van der Waals surface area contributed by atoms with Crippen LogP contribution in [0.5, 0.6) is 11.5 Å². The second-order valence-electron chi connectivity index (χ2n) is 8.84. The number of rotatable bonds is 7. The molecule has 1 atom stereocenters. The predicted molar refractivity (Wildman–Crippen MR) is 119 cm³/mol. The normalized spacial score (nSPS) is 20.1. The van der Waals surface area contributed by atoms with E-state index in [1.54, 1.807) is 18.2 Å². The molecule has 1 aliphatic rings. The van der Waals surface area contributed by atoms with Gasteiger partial charge in [-0.05, 0) is 84.7 Å². The first-order valence-electron chi connectivity index (χ1n) is 11.2. The highest BCUT2D eigenvalue weighted by Gasteiger charge is 2.26. The minimum absolute atomic E-state index is 0.00517. The van der Waals surface area contributed by atoms with Crippen molar-refractivity contribution in [2.75, 3.05) is 0 Å². The molecule has 4 heteroatoms. The minimum Gasteiger partial charge on any atom is -0.508 e. The zero-order valence-corrected chi connectivity index (χ0v) is 18.3. The van der Waals surface area contributed by atoms with E-state index in [1.807, 2.05) is 24.3 Å². The summed E-state index contributed by atoms with van der Waals surface area (Å²) in [5, 5.41) is 19.5. The number of esters is 1. The molecule has 0 bridgehead atoms. The van der Waals surface area contributed by atoms with Gasteiger partial charge in [0.05, 0.1) is 6.42 Å². The average Bonchev–Trinajstić information content (AvgIpc) is 2.73. The lowest BCUT2D eigenvalue weighted by molar-refractivity contribution is -0.151. The van der Waals surface area contributed by atoms with Gasteiger partial charge in [-0.3, -0.25) is 4.79 Å². The number of phenolic OH excluding ortho intramolecular Hbond substituents is 2. The lowest BCUT2D eigenvalue weighted by atomic mass is 9.82. The Morgan fingerprint density at radius 3 is 2.30 bits per heavy atom.